The van der Waals surface area contributed by atoms with E-state index in [2.05, 4.69) is 69.5 Å². The van der Waals surface area contributed by atoms with Gasteiger partial charge in [0, 0.05) is 0 Å². The van der Waals surface area contributed by atoms with E-state index in [1.807, 2.05) is 0 Å². The molecule has 2 heteroatoms. The first-order valence-corrected chi connectivity index (χ1v) is 7.10. The molecule has 0 spiro atoms. The molecule has 0 heterocycles. The van der Waals surface area contributed by atoms with E-state index in [4.69, 9.17) is 5.84 Å². The summed E-state index contributed by atoms with van der Waals surface area (Å²) in [7, 11) is 0. The first-order chi connectivity index (χ1) is 9.51. The van der Waals surface area contributed by atoms with Crippen molar-refractivity contribution < 1.29 is 0 Å². The highest BCUT2D eigenvalue weighted by Crippen LogP contribution is 2.23. The largest absolute Gasteiger partial charge is 0.271 e. The van der Waals surface area contributed by atoms with E-state index in [0.29, 0.717) is 0 Å². The molecule has 0 aliphatic rings. The summed E-state index contributed by atoms with van der Waals surface area (Å²) in [6.45, 7) is 8.55. The number of hydrogen-bond acceptors (Lipinski definition) is 2. The van der Waals surface area contributed by atoms with Gasteiger partial charge in [0.25, 0.3) is 0 Å². The summed E-state index contributed by atoms with van der Waals surface area (Å²) < 4.78 is 0. The molecule has 1 atom stereocenters. The van der Waals surface area contributed by atoms with Crippen LogP contribution in [-0.4, -0.2) is 0 Å². The fourth-order valence-electron chi connectivity index (χ4n) is 2.56. The Balaban J connectivity index is 2.28. The van der Waals surface area contributed by atoms with Gasteiger partial charge in [-0.3, -0.25) is 11.3 Å². The molecule has 3 N–H and O–H groups in total. The number of aryl methyl sites for hydroxylation is 4. The van der Waals surface area contributed by atoms with Crippen molar-refractivity contribution in [3.8, 4) is 0 Å². The van der Waals surface area contributed by atoms with Crippen LogP contribution >= 0.6 is 0 Å². The van der Waals surface area contributed by atoms with Gasteiger partial charge in [-0.1, -0.05) is 42.0 Å². The monoisotopic (exact) mass is 268 g/mol. The highest BCUT2D eigenvalue weighted by atomic mass is 15.2. The zero-order chi connectivity index (χ0) is 14.7. The van der Waals surface area contributed by atoms with Crippen molar-refractivity contribution in [3.05, 3.63) is 69.8 Å². The van der Waals surface area contributed by atoms with E-state index < -0.39 is 0 Å². The van der Waals surface area contributed by atoms with E-state index in [-0.39, 0.29) is 6.04 Å². The van der Waals surface area contributed by atoms with Gasteiger partial charge in [0.2, 0.25) is 0 Å². The molecular weight excluding hydrogens is 244 g/mol. The average Bonchev–Trinajstić information content (AvgIpc) is 2.43. The number of nitrogens with one attached hydrogen (secondary N) is 1. The van der Waals surface area contributed by atoms with Gasteiger partial charge in [-0.05, 0) is 61.9 Å². The lowest BCUT2D eigenvalue weighted by molar-refractivity contribution is 0.549. The molecule has 2 rings (SSSR count). The van der Waals surface area contributed by atoms with Crippen LogP contribution in [0.25, 0.3) is 0 Å². The van der Waals surface area contributed by atoms with Crippen molar-refractivity contribution in [3.63, 3.8) is 0 Å². The first-order valence-electron chi connectivity index (χ1n) is 7.10. The lowest BCUT2D eigenvalue weighted by atomic mass is 9.93. The van der Waals surface area contributed by atoms with Crippen LogP contribution in [0.2, 0.25) is 0 Å². The summed E-state index contributed by atoms with van der Waals surface area (Å²) >= 11 is 0. The number of rotatable bonds is 4. The number of benzene rings is 2. The van der Waals surface area contributed by atoms with Gasteiger partial charge in [-0.15, -0.1) is 0 Å². The standard InChI is InChI=1S/C18H24N2/c1-12-5-6-14(3)17(9-12)18(20-19)11-16-8-7-13(2)15(4)10-16/h5-10,18,20H,11,19H2,1-4H3. The predicted octanol–water partition coefficient (Wildman–Crippen LogP) is 3.67. The molecule has 0 radical (unpaired) electrons. The van der Waals surface area contributed by atoms with Crippen LogP contribution in [0.1, 0.15) is 39.4 Å². The zero-order valence-electron chi connectivity index (χ0n) is 12.8. The van der Waals surface area contributed by atoms with Gasteiger partial charge in [0.1, 0.15) is 0 Å². The Morgan fingerprint density at radius 1 is 0.900 bits per heavy atom. The third kappa shape index (κ3) is 3.27. The highest BCUT2D eigenvalue weighted by Gasteiger charge is 2.13. The van der Waals surface area contributed by atoms with Crippen LogP contribution in [0.4, 0.5) is 0 Å². The minimum Gasteiger partial charge on any atom is -0.271 e. The maximum Gasteiger partial charge on any atom is 0.0503 e. The highest BCUT2D eigenvalue weighted by molar-refractivity contribution is 5.36. The van der Waals surface area contributed by atoms with Gasteiger partial charge in [-0.2, -0.15) is 0 Å². The Hall–Kier alpha value is -1.64. The topological polar surface area (TPSA) is 38.0 Å². The average molecular weight is 268 g/mol. The first kappa shape index (κ1) is 14.8. The Bertz CT molecular complexity index is 602. The summed E-state index contributed by atoms with van der Waals surface area (Å²) in [5.74, 6) is 5.79. The fourth-order valence-corrected chi connectivity index (χ4v) is 2.56. The molecule has 0 fully saturated rings. The predicted molar refractivity (Wildman–Crippen MR) is 85.6 cm³/mol. The molecule has 106 valence electrons. The lowest BCUT2D eigenvalue weighted by Crippen LogP contribution is -2.30. The molecule has 0 bridgehead atoms. The van der Waals surface area contributed by atoms with Crippen molar-refractivity contribution in [1.29, 1.82) is 0 Å². The van der Waals surface area contributed by atoms with E-state index in [1.54, 1.807) is 0 Å². The van der Waals surface area contributed by atoms with Crippen molar-refractivity contribution in [2.24, 2.45) is 5.84 Å². The second-order valence-corrected chi connectivity index (χ2v) is 5.70. The van der Waals surface area contributed by atoms with Crippen molar-refractivity contribution in [1.82, 2.24) is 5.43 Å². The van der Waals surface area contributed by atoms with E-state index in [9.17, 15) is 0 Å². The minimum atomic E-state index is 0.150. The smallest absolute Gasteiger partial charge is 0.0503 e. The molecule has 1 unspecified atom stereocenters. The zero-order valence-corrected chi connectivity index (χ0v) is 12.8. The molecule has 0 amide bonds. The van der Waals surface area contributed by atoms with Crippen LogP contribution in [0, 0.1) is 27.7 Å². The van der Waals surface area contributed by atoms with Crippen LogP contribution in [-0.2, 0) is 6.42 Å². The second-order valence-electron chi connectivity index (χ2n) is 5.70. The molecule has 0 saturated heterocycles. The van der Waals surface area contributed by atoms with Gasteiger partial charge in [0.15, 0.2) is 0 Å². The quantitative estimate of drug-likeness (QED) is 0.656. The fraction of sp³-hybridized carbons (Fsp3) is 0.333. The SMILES string of the molecule is Cc1ccc(C)c(C(Cc2ccc(C)c(C)c2)NN)c1. The van der Waals surface area contributed by atoms with E-state index in [1.165, 1.54) is 33.4 Å². The Kier molecular flexibility index (Phi) is 4.58. The van der Waals surface area contributed by atoms with Gasteiger partial charge in [-0.25, -0.2) is 0 Å². The molecule has 2 nitrogen and oxygen atoms in total. The van der Waals surface area contributed by atoms with Crippen LogP contribution in [0.3, 0.4) is 0 Å². The van der Waals surface area contributed by atoms with Crippen LogP contribution in [0.5, 0.6) is 0 Å². The maximum absolute atomic E-state index is 5.79. The molecule has 0 aromatic heterocycles. The lowest BCUT2D eigenvalue weighted by Gasteiger charge is -2.20. The minimum absolute atomic E-state index is 0.150. The third-order valence-electron chi connectivity index (χ3n) is 4.02. The second kappa shape index (κ2) is 6.21. The normalized spacial score (nSPS) is 12.4. The molecule has 2 aromatic rings. The number of hydrogen-bond donors (Lipinski definition) is 2. The van der Waals surface area contributed by atoms with Crippen molar-refractivity contribution in [2.75, 3.05) is 0 Å². The van der Waals surface area contributed by atoms with E-state index in [0.717, 1.165) is 6.42 Å². The number of nitrogens with two attached hydrogens (primary N) is 1. The Morgan fingerprint density at radius 2 is 1.60 bits per heavy atom. The third-order valence-corrected chi connectivity index (χ3v) is 4.02. The summed E-state index contributed by atoms with van der Waals surface area (Å²) in [5, 5.41) is 0. The molecule has 0 aliphatic heterocycles. The van der Waals surface area contributed by atoms with Crippen LogP contribution in [0.15, 0.2) is 36.4 Å². The van der Waals surface area contributed by atoms with Crippen LogP contribution < -0.4 is 11.3 Å². The van der Waals surface area contributed by atoms with Gasteiger partial charge in [0.05, 0.1) is 6.04 Å². The molecule has 0 saturated carbocycles. The Morgan fingerprint density at radius 3 is 2.25 bits per heavy atom. The summed E-state index contributed by atoms with van der Waals surface area (Å²) in [5.41, 5.74) is 10.8. The summed E-state index contributed by atoms with van der Waals surface area (Å²) in [6.07, 6.45) is 0.905. The van der Waals surface area contributed by atoms with Crippen molar-refractivity contribution in [2.45, 2.75) is 40.2 Å². The maximum atomic E-state index is 5.79. The molecular formula is C18H24N2. The summed E-state index contributed by atoms with van der Waals surface area (Å²) in [4.78, 5) is 0. The van der Waals surface area contributed by atoms with Gasteiger partial charge < -0.3 is 0 Å². The molecule has 0 aliphatic carbocycles. The van der Waals surface area contributed by atoms with Crippen molar-refractivity contribution >= 4 is 0 Å². The van der Waals surface area contributed by atoms with E-state index >= 15 is 0 Å². The summed E-state index contributed by atoms with van der Waals surface area (Å²) in [6, 6.07) is 13.3. The molecule has 20 heavy (non-hydrogen) atoms. The molecule has 2 aromatic carbocycles. The van der Waals surface area contributed by atoms with Gasteiger partial charge >= 0.3 is 0 Å². The Labute approximate surface area is 122 Å². The number of hydrazine groups is 1.